The molecule has 3 aliphatic carbocycles. The zero-order valence-electron chi connectivity index (χ0n) is 25.4. The minimum Gasteiger partial charge on any atom is -0.455 e. The van der Waals surface area contributed by atoms with Crippen molar-refractivity contribution in [3.8, 4) is 0 Å². The molecule has 0 amide bonds. The fourth-order valence-corrected chi connectivity index (χ4v) is 7.38. The van der Waals surface area contributed by atoms with Gasteiger partial charge >= 0.3 is 0 Å². The first-order valence-electron chi connectivity index (χ1n) is 16.1. The molecule has 0 saturated carbocycles. The molecule has 0 saturated heterocycles. The third-order valence-electron chi connectivity index (χ3n) is 9.61. The third kappa shape index (κ3) is 4.37. The van der Waals surface area contributed by atoms with Gasteiger partial charge in [-0.25, -0.2) is 0 Å². The Kier molecular flexibility index (Phi) is 6.36. The Labute approximate surface area is 268 Å². The maximum Gasteiger partial charge on any atom is 0.143 e. The van der Waals surface area contributed by atoms with Crippen LogP contribution in [0.15, 0.2) is 154 Å². The van der Waals surface area contributed by atoms with E-state index in [0.717, 1.165) is 63.6 Å². The summed E-state index contributed by atoms with van der Waals surface area (Å²) in [6.07, 6.45) is 26.4. The van der Waals surface area contributed by atoms with Gasteiger partial charge in [0, 0.05) is 33.1 Å². The largest absolute Gasteiger partial charge is 0.455 e. The van der Waals surface area contributed by atoms with E-state index in [1.165, 1.54) is 33.5 Å². The average molecular weight is 596 g/mol. The molecule has 9 rings (SSSR count). The van der Waals surface area contributed by atoms with Gasteiger partial charge in [-0.3, -0.25) is 4.99 Å². The predicted octanol–water partition coefficient (Wildman–Crippen LogP) is 10.1. The van der Waals surface area contributed by atoms with Crippen molar-refractivity contribution < 1.29 is 4.42 Å². The van der Waals surface area contributed by atoms with E-state index < -0.39 is 0 Å². The number of hydrogen-bond acceptors (Lipinski definition) is 4. The zero-order valence-corrected chi connectivity index (χ0v) is 25.4. The summed E-state index contributed by atoms with van der Waals surface area (Å²) in [7, 11) is 0. The highest BCUT2D eigenvalue weighted by atomic mass is 16.3. The van der Waals surface area contributed by atoms with Gasteiger partial charge in [-0.05, 0) is 89.9 Å². The van der Waals surface area contributed by atoms with Gasteiger partial charge in [0.1, 0.15) is 11.2 Å². The minimum absolute atomic E-state index is 0.198. The molecular formula is C42H33N3O. The lowest BCUT2D eigenvalue weighted by molar-refractivity contribution is 0.672. The highest BCUT2D eigenvalue weighted by Crippen LogP contribution is 2.51. The molecule has 2 N–H and O–H groups in total. The summed E-state index contributed by atoms with van der Waals surface area (Å²) in [5.41, 5.74) is 17.5. The molecule has 4 aliphatic rings. The lowest BCUT2D eigenvalue weighted by Crippen LogP contribution is -2.28. The van der Waals surface area contributed by atoms with E-state index in [2.05, 4.69) is 114 Å². The monoisotopic (exact) mass is 595 g/mol. The molecule has 0 bridgehead atoms. The van der Waals surface area contributed by atoms with Crippen LogP contribution in [0.1, 0.15) is 30.4 Å². The van der Waals surface area contributed by atoms with Gasteiger partial charge in [-0.1, -0.05) is 91.1 Å². The molecule has 222 valence electrons. The third-order valence-corrected chi connectivity index (χ3v) is 9.61. The highest BCUT2D eigenvalue weighted by Gasteiger charge is 2.36. The molecule has 2 unspecified atom stereocenters. The number of aliphatic imine (C=N–C) groups is 1. The number of nitrogens with two attached hydrogens (primary N) is 1. The molecule has 5 aromatic rings. The first-order chi connectivity index (χ1) is 22.7. The van der Waals surface area contributed by atoms with Crippen molar-refractivity contribution in [3.05, 3.63) is 156 Å². The van der Waals surface area contributed by atoms with Crippen LogP contribution in [0.3, 0.4) is 0 Å². The fourth-order valence-electron chi connectivity index (χ4n) is 7.38. The zero-order chi connectivity index (χ0) is 30.6. The Morgan fingerprint density at radius 3 is 2.52 bits per heavy atom. The van der Waals surface area contributed by atoms with Gasteiger partial charge < -0.3 is 15.1 Å². The van der Waals surface area contributed by atoms with Crippen molar-refractivity contribution in [3.63, 3.8) is 0 Å². The minimum atomic E-state index is -0.198. The summed E-state index contributed by atoms with van der Waals surface area (Å²) in [6, 6.07) is 26.3. The Morgan fingerprint density at radius 1 is 0.826 bits per heavy atom. The van der Waals surface area contributed by atoms with Crippen LogP contribution >= 0.6 is 0 Å². The van der Waals surface area contributed by atoms with E-state index in [1.807, 2.05) is 30.4 Å². The molecule has 2 heterocycles. The topological polar surface area (TPSA) is 54.8 Å². The standard InChI is InChI=1S/C42H33N3O/c43-35-14-6-7-15-36(35)44-37(28-10-2-1-3-11-28)26-27-18-20-29(21-19-27)45-38-16-8-4-13-34(38)41-31-22-23-32-30-12-5-9-17-40(30)46-42(32)33(31)24-25-39(41)45/h1-2,4-10,12-15,17-26,35,38H,3,11,16,43H2/b37-26+,44-36?. The fraction of sp³-hybridized carbons (Fsp3) is 0.119. The second-order valence-corrected chi connectivity index (χ2v) is 12.4. The van der Waals surface area contributed by atoms with Crippen LogP contribution in [0.2, 0.25) is 0 Å². The first kappa shape index (κ1) is 26.9. The van der Waals surface area contributed by atoms with Crippen molar-refractivity contribution in [1.82, 2.24) is 0 Å². The number of para-hydroxylation sites is 1. The number of anilines is 2. The van der Waals surface area contributed by atoms with E-state index in [-0.39, 0.29) is 12.1 Å². The number of fused-ring (bicyclic) bond motifs is 9. The van der Waals surface area contributed by atoms with Crippen LogP contribution < -0.4 is 10.6 Å². The number of furan rings is 1. The van der Waals surface area contributed by atoms with Crippen molar-refractivity contribution in [2.75, 3.05) is 4.90 Å². The van der Waals surface area contributed by atoms with Crippen LogP contribution in [-0.4, -0.2) is 17.8 Å². The molecule has 0 spiro atoms. The van der Waals surface area contributed by atoms with Gasteiger partial charge in [0.25, 0.3) is 0 Å². The van der Waals surface area contributed by atoms with Crippen LogP contribution in [0.5, 0.6) is 0 Å². The van der Waals surface area contributed by atoms with Crippen molar-refractivity contribution >= 4 is 61.4 Å². The maximum absolute atomic E-state index is 6.43. The summed E-state index contributed by atoms with van der Waals surface area (Å²) in [4.78, 5) is 7.57. The molecule has 4 aromatic carbocycles. The van der Waals surface area contributed by atoms with Gasteiger partial charge in [-0.15, -0.1) is 0 Å². The van der Waals surface area contributed by atoms with E-state index in [0.29, 0.717) is 0 Å². The normalized spacial score (nSPS) is 21.4. The first-order valence-corrected chi connectivity index (χ1v) is 16.1. The summed E-state index contributed by atoms with van der Waals surface area (Å²) in [5.74, 6) is 0. The van der Waals surface area contributed by atoms with Crippen LogP contribution in [-0.2, 0) is 0 Å². The summed E-state index contributed by atoms with van der Waals surface area (Å²) >= 11 is 0. The number of allylic oxidation sites excluding steroid dienone is 8. The van der Waals surface area contributed by atoms with Gasteiger partial charge in [-0.2, -0.15) is 0 Å². The average Bonchev–Trinajstić information content (AvgIpc) is 3.66. The van der Waals surface area contributed by atoms with E-state index in [9.17, 15) is 0 Å². The Bertz CT molecular complexity index is 2300. The SMILES string of the molecule is NC1C=CC=CC1=N/C(=C/c1ccc(N2c3ccc4c(ccc5c6ccccc6oc45)c3C3=CC=CCC32)cc1)C1=CC=CCC1. The number of hydrogen-bond donors (Lipinski definition) is 1. The molecule has 1 aromatic heterocycles. The molecule has 1 aliphatic heterocycles. The quantitative estimate of drug-likeness (QED) is 0.225. The summed E-state index contributed by atoms with van der Waals surface area (Å²) in [6.45, 7) is 0. The molecule has 4 heteroatoms. The number of rotatable bonds is 4. The second kappa shape index (κ2) is 10.9. The Hall–Kier alpha value is -5.45. The molecule has 0 fully saturated rings. The second-order valence-electron chi connectivity index (χ2n) is 12.4. The Balaban J connectivity index is 1.13. The van der Waals surface area contributed by atoms with Crippen LogP contribution in [0.25, 0.3) is 44.4 Å². The number of nitrogens with zero attached hydrogens (tertiary/aromatic N) is 2. The number of benzene rings is 4. The van der Waals surface area contributed by atoms with Crippen LogP contribution in [0, 0.1) is 0 Å². The molecule has 2 atom stereocenters. The highest BCUT2D eigenvalue weighted by molar-refractivity contribution is 6.19. The van der Waals surface area contributed by atoms with Gasteiger partial charge in [0.05, 0.1) is 23.5 Å². The van der Waals surface area contributed by atoms with E-state index in [4.69, 9.17) is 15.1 Å². The predicted molar refractivity (Wildman–Crippen MR) is 193 cm³/mol. The van der Waals surface area contributed by atoms with E-state index >= 15 is 0 Å². The van der Waals surface area contributed by atoms with Gasteiger partial charge in [0.15, 0.2) is 0 Å². The van der Waals surface area contributed by atoms with Crippen molar-refractivity contribution in [1.29, 1.82) is 0 Å². The summed E-state index contributed by atoms with van der Waals surface area (Å²) in [5, 5.41) is 4.72. The smallest absolute Gasteiger partial charge is 0.143 e. The van der Waals surface area contributed by atoms with Gasteiger partial charge in [0.2, 0.25) is 0 Å². The summed E-state index contributed by atoms with van der Waals surface area (Å²) < 4.78 is 6.43. The molecule has 4 nitrogen and oxygen atoms in total. The lowest BCUT2D eigenvalue weighted by atomic mass is 9.92. The molecule has 46 heavy (non-hydrogen) atoms. The maximum atomic E-state index is 6.43. The van der Waals surface area contributed by atoms with E-state index in [1.54, 1.807) is 0 Å². The molecule has 0 radical (unpaired) electrons. The van der Waals surface area contributed by atoms with Crippen molar-refractivity contribution in [2.24, 2.45) is 10.7 Å². The van der Waals surface area contributed by atoms with Crippen LogP contribution in [0.4, 0.5) is 11.4 Å². The molecular weight excluding hydrogens is 562 g/mol. The lowest BCUT2D eigenvalue weighted by Gasteiger charge is -2.28. The Morgan fingerprint density at radius 2 is 1.65 bits per heavy atom. The van der Waals surface area contributed by atoms with Crippen molar-refractivity contribution in [2.45, 2.75) is 31.3 Å².